The summed E-state index contributed by atoms with van der Waals surface area (Å²) in [5, 5.41) is 0. The average molecular weight is 159 g/mol. The number of hydrogen-bond donors (Lipinski definition) is 0. The molecule has 3 heteroatoms. The van der Waals surface area contributed by atoms with Gasteiger partial charge in [0, 0.05) is 0 Å². The Kier molecular flexibility index (Phi) is 2.17. The molecule has 1 rings (SSSR count). The maximum absolute atomic E-state index is 12.4. The molecule has 0 fully saturated rings. The zero-order chi connectivity index (χ0) is 8.43. The van der Waals surface area contributed by atoms with E-state index in [0.29, 0.717) is 5.56 Å². The van der Waals surface area contributed by atoms with Crippen molar-refractivity contribution in [3.05, 3.63) is 41.6 Å². The number of benzene rings is 1. The van der Waals surface area contributed by atoms with E-state index >= 15 is 0 Å². The Morgan fingerprint density at radius 3 is 1.91 bits per heavy atom. The maximum atomic E-state index is 12.4. The van der Waals surface area contributed by atoms with Crippen molar-refractivity contribution in [3.8, 4) is 0 Å². The SMILES string of the molecule is C[CH]c1cc(F)c(F)c(F)c1. The van der Waals surface area contributed by atoms with E-state index in [1.165, 1.54) is 6.42 Å². The molecule has 0 aliphatic carbocycles. The van der Waals surface area contributed by atoms with Crippen molar-refractivity contribution in [2.45, 2.75) is 6.92 Å². The van der Waals surface area contributed by atoms with Crippen LogP contribution in [-0.4, -0.2) is 0 Å². The van der Waals surface area contributed by atoms with E-state index in [9.17, 15) is 13.2 Å². The number of halogens is 3. The molecule has 0 N–H and O–H groups in total. The molecule has 0 spiro atoms. The molecule has 1 aromatic carbocycles. The van der Waals surface area contributed by atoms with Crippen molar-refractivity contribution < 1.29 is 13.2 Å². The molecule has 0 amide bonds. The largest absolute Gasteiger partial charge is 0.204 e. The van der Waals surface area contributed by atoms with E-state index in [0.717, 1.165) is 12.1 Å². The van der Waals surface area contributed by atoms with Crippen LogP contribution in [0.25, 0.3) is 0 Å². The van der Waals surface area contributed by atoms with Crippen LogP contribution in [0.1, 0.15) is 12.5 Å². The minimum absolute atomic E-state index is 0.335. The first-order valence-electron chi connectivity index (χ1n) is 3.09. The van der Waals surface area contributed by atoms with Crippen LogP contribution in [0.15, 0.2) is 12.1 Å². The molecule has 1 aromatic rings. The second-order valence-corrected chi connectivity index (χ2v) is 2.09. The standard InChI is InChI=1S/C8H6F3/c1-2-5-3-6(9)8(11)7(10)4-5/h2-4H,1H3. The molecule has 0 aromatic heterocycles. The normalized spacial score (nSPS) is 10.2. The highest BCUT2D eigenvalue weighted by atomic mass is 19.2. The van der Waals surface area contributed by atoms with Crippen molar-refractivity contribution in [1.82, 2.24) is 0 Å². The van der Waals surface area contributed by atoms with E-state index in [1.54, 1.807) is 6.92 Å². The van der Waals surface area contributed by atoms with Gasteiger partial charge in [0.2, 0.25) is 0 Å². The Morgan fingerprint density at radius 1 is 1.09 bits per heavy atom. The minimum atomic E-state index is -1.42. The van der Waals surface area contributed by atoms with Crippen LogP contribution >= 0.6 is 0 Å². The fourth-order valence-corrected chi connectivity index (χ4v) is 0.742. The highest BCUT2D eigenvalue weighted by molar-refractivity contribution is 5.24. The fraction of sp³-hybridized carbons (Fsp3) is 0.125. The predicted octanol–water partition coefficient (Wildman–Crippen LogP) is 2.68. The van der Waals surface area contributed by atoms with Gasteiger partial charge in [-0.05, 0) is 24.1 Å². The Balaban J connectivity index is 3.21. The van der Waals surface area contributed by atoms with Crippen molar-refractivity contribution in [2.24, 2.45) is 0 Å². The van der Waals surface area contributed by atoms with Crippen LogP contribution in [0, 0.1) is 23.9 Å². The molecule has 0 unspecified atom stereocenters. The monoisotopic (exact) mass is 159 g/mol. The number of rotatable bonds is 1. The van der Waals surface area contributed by atoms with Gasteiger partial charge in [0.25, 0.3) is 0 Å². The Morgan fingerprint density at radius 2 is 1.55 bits per heavy atom. The molecular formula is C8H6F3. The quantitative estimate of drug-likeness (QED) is 0.552. The van der Waals surface area contributed by atoms with Gasteiger partial charge in [-0.25, -0.2) is 13.2 Å². The van der Waals surface area contributed by atoms with Gasteiger partial charge in [0.15, 0.2) is 17.5 Å². The van der Waals surface area contributed by atoms with Gasteiger partial charge in [-0.15, -0.1) is 0 Å². The van der Waals surface area contributed by atoms with Crippen LogP contribution in [0.3, 0.4) is 0 Å². The highest BCUT2D eigenvalue weighted by Crippen LogP contribution is 2.14. The van der Waals surface area contributed by atoms with Gasteiger partial charge in [-0.1, -0.05) is 6.92 Å². The highest BCUT2D eigenvalue weighted by Gasteiger charge is 2.08. The van der Waals surface area contributed by atoms with Crippen LogP contribution < -0.4 is 0 Å². The van der Waals surface area contributed by atoms with Gasteiger partial charge >= 0.3 is 0 Å². The lowest BCUT2D eigenvalue weighted by molar-refractivity contribution is 0.446. The van der Waals surface area contributed by atoms with E-state index in [1.807, 2.05) is 0 Å². The summed E-state index contributed by atoms with van der Waals surface area (Å²) in [7, 11) is 0. The van der Waals surface area contributed by atoms with Crippen molar-refractivity contribution in [2.75, 3.05) is 0 Å². The summed E-state index contributed by atoms with van der Waals surface area (Å²) in [4.78, 5) is 0. The van der Waals surface area contributed by atoms with E-state index in [2.05, 4.69) is 0 Å². The van der Waals surface area contributed by atoms with Crippen LogP contribution in [0.4, 0.5) is 13.2 Å². The molecule has 0 saturated heterocycles. The summed E-state index contributed by atoms with van der Waals surface area (Å²) >= 11 is 0. The smallest absolute Gasteiger partial charge is 0.194 e. The maximum Gasteiger partial charge on any atom is 0.194 e. The fourth-order valence-electron chi connectivity index (χ4n) is 0.742. The average Bonchev–Trinajstić information content (AvgIpc) is 1.99. The second-order valence-electron chi connectivity index (χ2n) is 2.09. The Labute approximate surface area is 62.7 Å². The lowest BCUT2D eigenvalue weighted by Gasteiger charge is -1.98. The van der Waals surface area contributed by atoms with Gasteiger partial charge in [0.05, 0.1) is 0 Å². The summed E-state index contributed by atoms with van der Waals surface area (Å²) < 4.78 is 37.1. The van der Waals surface area contributed by atoms with Crippen molar-refractivity contribution in [1.29, 1.82) is 0 Å². The zero-order valence-electron chi connectivity index (χ0n) is 5.87. The molecule has 0 aliphatic rings. The van der Waals surface area contributed by atoms with Gasteiger partial charge in [-0.3, -0.25) is 0 Å². The molecule has 0 nitrogen and oxygen atoms in total. The molecule has 1 radical (unpaired) electrons. The van der Waals surface area contributed by atoms with Gasteiger partial charge < -0.3 is 0 Å². The zero-order valence-corrected chi connectivity index (χ0v) is 5.87. The van der Waals surface area contributed by atoms with Crippen molar-refractivity contribution >= 4 is 0 Å². The molecule has 0 saturated carbocycles. The first kappa shape index (κ1) is 8.11. The molecule has 0 heterocycles. The first-order valence-corrected chi connectivity index (χ1v) is 3.09. The summed E-state index contributed by atoms with van der Waals surface area (Å²) in [6.45, 7) is 1.62. The predicted molar refractivity (Wildman–Crippen MR) is 35.4 cm³/mol. The summed E-state index contributed by atoms with van der Waals surface area (Å²) in [6, 6.07) is 1.89. The molecule has 59 valence electrons. The molecular weight excluding hydrogens is 153 g/mol. The van der Waals surface area contributed by atoms with Gasteiger partial charge in [0.1, 0.15) is 0 Å². The van der Waals surface area contributed by atoms with E-state index < -0.39 is 17.5 Å². The van der Waals surface area contributed by atoms with Crippen LogP contribution in [-0.2, 0) is 0 Å². The van der Waals surface area contributed by atoms with Gasteiger partial charge in [-0.2, -0.15) is 0 Å². The number of hydrogen-bond acceptors (Lipinski definition) is 0. The minimum Gasteiger partial charge on any atom is -0.204 e. The third-order valence-electron chi connectivity index (χ3n) is 1.34. The molecule has 0 aliphatic heterocycles. The molecule has 0 atom stereocenters. The van der Waals surface area contributed by atoms with Crippen LogP contribution in [0.5, 0.6) is 0 Å². The topological polar surface area (TPSA) is 0 Å². The second kappa shape index (κ2) is 2.95. The van der Waals surface area contributed by atoms with Crippen molar-refractivity contribution in [3.63, 3.8) is 0 Å². The third kappa shape index (κ3) is 1.53. The first-order chi connectivity index (χ1) is 5.15. The summed E-state index contributed by atoms with van der Waals surface area (Å²) in [5.74, 6) is -3.73. The molecule has 0 bridgehead atoms. The Bertz CT molecular complexity index is 245. The van der Waals surface area contributed by atoms with Crippen LogP contribution in [0.2, 0.25) is 0 Å². The lowest BCUT2D eigenvalue weighted by Crippen LogP contribution is -1.92. The summed E-state index contributed by atoms with van der Waals surface area (Å²) in [6.07, 6.45) is 1.49. The third-order valence-corrected chi connectivity index (χ3v) is 1.34. The van der Waals surface area contributed by atoms with E-state index in [4.69, 9.17) is 0 Å². The van der Waals surface area contributed by atoms with E-state index in [-0.39, 0.29) is 0 Å². The summed E-state index contributed by atoms with van der Waals surface area (Å²) in [5.41, 5.74) is 0.335. The Hall–Kier alpha value is -0.990. The lowest BCUT2D eigenvalue weighted by atomic mass is 10.1. The molecule has 11 heavy (non-hydrogen) atoms.